The number of aromatic nitrogens is 1. The van der Waals surface area contributed by atoms with E-state index < -0.39 is 0 Å². The zero-order valence-corrected chi connectivity index (χ0v) is 6.27. The van der Waals surface area contributed by atoms with Crippen molar-refractivity contribution in [3.8, 4) is 0 Å². The standard InChI is InChI=1S/C7H9N3O/c1-10-7(2-3-8-10)6-4-9-11-5-6/h3-5,7H,2H2,1H3. The van der Waals surface area contributed by atoms with Gasteiger partial charge in [0.1, 0.15) is 6.26 Å². The van der Waals surface area contributed by atoms with E-state index >= 15 is 0 Å². The monoisotopic (exact) mass is 151 g/mol. The van der Waals surface area contributed by atoms with Crippen molar-refractivity contribution in [1.82, 2.24) is 10.2 Å². The normalized spacial score (nSPS) is 23.0. The zero-order valence-electron chi connectivity index (χ0n) is 6.27. The number of hydrazone groups is 1. The van der Waals surface area contributed by atoms with Crippen molar-refractivity contribution in [3.63, 3.8) is 0 Å². The molecule has 0 spiro atoms. The van der Waals surface area contributed by atoms with Gasteiger partial charge in [0.2, 0.25) is 0 Å². The molecule has 0 fully saturated rings. The molecule has 1 aliphatic rings. The van der Waals surface area contributed by atoms with Crippen LogP contribution >= 0.6 is 0 Å². The fourth-order valence-corrected chi connectivity index (χ4v) is 1.24. The van der Waals surface area contributed by atoms with Crippen LogP contribution in [0.4, 0.5) is 0 Å². The van der Waals surface area contributed by atoms with Crippen molar-refractivity contribution < 1.29 is 4.52 Å². The molecule has 0 bridgehead atoms. The minimum absolute atomic E-state index is 0.321. The number of hydrogen-bond donors (Lipinski definition) is 0. The lowest BCUT2D eigenvalue weighted by Gasteiger charge is -2.15. The highest BCUT2D eigenvalue weighted by atomic mass is 16.5. The maximum absolute atomic E-state index is 4.74. The van der Waals surface area contributed by atoms with Crippen molar-refractivity contribution in [2.24, 2.45) is 5.10 Å². The summed E-state index contributed by atoms with van der Waals surface area (Å²) in [5.41, 5.74) is 1.09. The first-order valence-electron chi connectivity index (χ1n) is 3.52. The van der Waals surface area contributed by atoms with Crippen LogP contribution in [0, 0.1) is 0 Å². The first-order valence-corrected chi connectivity index (χ1v) is 3.52. The molecule has 11 heavy (non-hydrogen) atoms. The molecule has 0 saturated carbocycles. The maximum atomic E-state index is 4.74. The summed E-state index contributed by atoms with van der Waals surface area (Å²) in [4.78, 5) is 0. The Hall–Kier alpha value is -1.32. The van der Waals surface area contributed by atoms with E-state index in [0.29, 0.717) is 6.04 Å². The van der Waals surface area contributed by atoms with Crippen LogP contribution in [-0.4, -0.2) is 23.4 Å². The molecule has 4 heteroatoms. The van der Waals surface area contributed by atoms with E-state index in [0.717, 1.165) is 12.0 Å². The molecule has 0 aliphatic carbocycles. The quantitative estimate of drug-likeness (QED) is 0.602. The van der Waals surface area contributed by atoms with Crippen LogP contribution in [0.5, 0.6) is 0 Å². The third-order valence-electron chi connectivity index (χ3n) is 1.88. The van der Waals surface area contributed by atoms with Crippen LogP contribution in [0.2, 0.25) is 0 Å². The zero-order chi connectivity index (χ0) is 7.68. The molecule has 0 radical (unpaired) electrons. The predicted octanol–water partition coefficient (Wildman–Crippen LogP) is 1.04. The van der Waals surface area contributed by atoms with Crippen LogP contribution in [0.3, 0.4) is 0 Å². The summed E-state index contributed by atoms with van der Waals surface area (Å²) in [6.45, 7) is 0. The van der Waals surface area contributed by atoms with E-state index in [9.17, 15) is 0 Å². The Bertz CT molecular complexity index is 255. The summed E-state index contributed by atoms with van der Waals surface area (Å²) in [7, 11) is 1.95. The summed E-state index contributed by atoms with van der Waals surface area (Å²) in [6, 6.07) is 0.321. The molecule has 1 aromatic rings. The maximum Gasteiger partial charge on any atom is 0.129 e. The molecular formula is C7H9N3O. The van der Waals surface area contributed by atoms with E-state index in [1.807, 2.05) is 18.3 Å². The number of nitrogens with zero attached hydrogens (tertiary/aromatic N) is 3. The molecule has 2 rings (SSSR count). The summed E-state index contributed by atoms with van der Waals surface area (Å²) < 4.78 is 4.74. The lowest BCUT2D eigenvalue weighted by Crippen LogP contribution is -2.12. The Balaban J connectivity index is 2.19. The SMILES string of the molecule is CN1N=CCC1c1cnoc1. The Morgan fingerprint density at radius 3 is 3.18 bits per heavy atom. The molecular weight excluding hydrogens is 142 g/mol. The Labute approximate surface area is 64.5 Å². The van der Waals surface area contributed by atoms with Gasteiger partial charge in [-0.15, -0.1) is 0 Å². The Morgan fingerprint density at radius 1 is 1.73 bits per heavy atom. The molecule has 1 atom stereocenters. The number of rotatable bonds is 1. The fourth-order valence-electron chi connectivity index (χ4n) is 1.24. The largest absolute Gasteiger partial charge is 0.364 e. The lowest BCUT2D eigenvalue weighted by molar-refractivity contribution is 0.288. The van der Waals surface area contributed by atoms with Crippen molar-refractivity contribution in [3.05, 3.63) is 18.0 Å². The van der Waals surface area contributed by atoms with E-state index in [1.54, 1.807) is 12.5 Å². The van der Waals surface area contributed by atoms with Gasteiger partial charge in [0, 0.05) is 25.2 Å². The van der Waals surface area contributed by atoms with Gasteiger partial charge in [0.05, 0.1) is 12.2 Å². The van der Waals surface area contributed by atoms with E-state index in [2.05, 4.69) is 10.3 Å². The van der Waals surface area contributed by atoms with Gasteiger partial charge in [0.15, 0.2) is 0 Å². The van der Waals surface area contributed by atoms with Crippen molar-refractivity contribution >= 4 is 6.21 Å². The first-order chi connectivity index (χ1) is 5.38. The molecule has 0 aromatic carbocycles. The van der Waals surface area contributed by atoms with Crippen LogP contribution in [0.1, 0.15) is 18.0 Å². The van der Waals surface area contributed by atoms with Crippen LogP contribution < -0.4 is 0 Å². The second kappa shape index (κ2) is 2.38. The number of hydrogen-bond acceptors (Lipinski definition) is 4. The fraction of sp³-hybridized carbons (Fsp3) is 0.429. The summed E-state index contributed by atoms with van der Waals surface area (Å²) in [6.07, 6.45) is 6.24. The Kier molecular flexibility index (Phi) is 1.38. The van der Waals surface area contributed by atoms with Gasteiger partial charge in [-0.1, -0.05) is 5.16 Å². The van der Waals surface area contributed by atoms with Crippen LogP contribution in [0.25, 0.3) is 0 Å². The molecule has 1 aliphatic heterocycles. The van der Waals surface area contributed by atoms with Crippen molar-refractivity contribution in [1.29, 1.82) is 0 Å². The summed E-state index contributed by atoms with van der Waals surface area (Å²) >= 11 is 0. The predicted molar refractivity (Wildman–Crippen MR) is 40.1 cm³/mol. The van der Waals surface area contributed by atoms with Gasteiger partial charge in [-0.3, -0.25) is 5.01 Å². The summed E-state index contributed by atoms with van der Waals surface area (Å²) in [5.74, 6) is 0. The molecule has 2 heterocycles. The second-order valence-electron chi connectivity index (χ2n) is 2.58. The van der Waals surface area contributed by atoms with Gasteiger partial charge in [-0.25, -0.2) is 0 Å². The van der Waals surface area contributed by atoms with Gasteiger partial charge >= 0.3 is 0 Å². The van der Waals surface area contributed by atoms with Gasteiger partial charge in [-0.05, 0) is 0 Å². The Morgan fingerprint density at radius 2 is 2.64 bits per heavy atom. The van der Waals surface area contributed by atoms with Crippen molar-refractivity contribution in [2.75, 3.05) is 7.05 Å². The van der Waals surface area contributed by atoms with E-state index in [4.69, 9.17) is 4.52 Å². The van der Waals surface area contributed by atoms with E-state index in [1.165, 1.54) is 0 Å². The molecule has 0 saturated heterocycles. The smallest absolute Gasteiger partial charge is 0.129 e. The highest BCUT2D eigenvalue weighted by Crippen LogP contribution is 2.25. The third-order valence-corrected chi connectivity index (χ3v) is 1.88. The lowest BCUT2D eigenvalue weighted by atomic mass is 10.1. The summed E-state index contributed by atoms with van der Waals surface area (Å²) in [5, 5.41) is 9.67. The third kappa shape index (κ3) is 1.00. The average Bonchev–Trinajstić information content (AvgIpc) is 2.55. The molecule has 58 valence electrons. The topological polar surface area (TPSA) is 41.6 Å². The van der Waals surface area contributed by atoms with Gasteiger partial charge in [-0.2, -0.15) is 5.10 Å². The van der Waals surface area contributed by atoms with E-state index in [-0.39, 0.29) is 0 Å². The molecule has 0 N–H and O–H groups in total. The molecule has 1 unspecified atom stereocenters. The van der Waals surface area contributed by atoms with Gasteiger partial charge in [0.25, 0.3) is 0 Å². The molecule has 0 amide bonds. The average molecular weight is 151 g/mol. The van der Waals surface area contributed by atoms with Crippen molar-refractivity contribution in [2.45, 2.75) is 12.5 Å². The van der Waals surface area contributed by atoms with Crippen LogP contribution in [-0.2, 0) is 0 Å². The highest BCUT2D eigenvalue weighted by molar-refractivity contribution is 5.60. The van der Waals surface area contributed by atoms with Gasteiger partial charge < -0.3 is 4.52 Å². The molecule has 1 aromatic heterocycles. The van der Waals surface area contributed by atoms with Crippen LogP contribution in [0.15, 0.2) is 22.1 Å². The first kappa shape index (κ1) is 6.39. The highest BCUT2D eigenvalue weighted by Gasteiger charge is 2.20. The minimum Gasteiger partial charge on any atom is -0.364 e. The molecule has 4 nitrogen and oxygen atoms in total. The second-order valence-corrected chi connectivity index (χ2v) is 2.58. The minimum atomic E-state index is 0.321.